The van der Waals surface area contributed by atoms with E-state index in [1.807, 2.05) is 25.1 Å². The number of aryl methyl sites for hydroxylation is 2. The van der Waals surface area contributed by atoms with Crippen LogP contribution in [-0.2, 0) is 0 Å². The third kappa shape index (κ3) is 4.24. The summed E-state index contributed by atoms with van der Waals surface area (Å²) >= 11 is 7.42. The van der Waals surface area contributed by atoms with E-state index in [1.54, 1.807) is 13.0 Å². The number of carbonyl (C=O) groups is 2. The van der Waals surface area contributed by atoms with E-state index >= 15 is 0 Å². The first-order valence-electron chi connectivity index (χ1n) is 10.7. The molecular weight excluding hydrogens is 478 g/mol. The lowest BCUT2D eigenvalue weighted by molar-refractivity contribution is 0.103. The number of likely N-dealkylation sites (tertiary alicyclic amines) is 1. The average molecular weight is 500 g/mol. The Morgan fingerprint density at radius 1 is 1.21 bits per heavy atom. The van der Waals surface area contributed by atoms with Gasteiger partial charge in [0.2, 0.25) is 0 Å². The highest BCUT2D eigenvalue weighted by atomic mass is 35.5. The molecule has 2 aromatic heterocycles. The van der Waals surface area contributed by atoms with Crippen molar-refractivity contribution >= 4 is 57.4 Å². The van der Waals surface area contributed by atoms with Gasteiger partial charge in [0.25, 0.3) is 5.91 Å². The summed E-state index contributed by atoms with van der Waals surface area (Å²) < 4.78 is 0. The van der Waals surface area contributed by atoms with Crippen molar-refractivity contribution in [1.82, 2.24) is 19.9 Å². The van der Waals surface area contributed by atoms with E-state index in [0.29, 0.717) is 45.5 Å². The van der Waals surface area contributed by atoms with Crippen molar-refractivity contribution in [3.8, 4) is 0 Å². The van der Waals surface area contributed by atoms with Gasteiger partial charge in [-0.15, -0.1) is 0 Å². The monoisotopic (exact) mass is 499 g/mol. The number of thiazole rings is 1. The number of halogens is 1. The number of piperazine rings is 1. The third-order valence-electron chi connectivity index (χ3n) is 6.03. The number of benzene rings is 1. The summed E-state index contributed by atoms with van der Waals surface area (Å²) in [4.78, 5) is 41.5. The van der Waals surface area contributed by atoms with Gasteiger partial charge in [0, 0.05) is 19.2 Å². The summed E-state index contributed by atoms with van der Waals surface area (Å²) in [5.74, 6) is 1.60. The van der Waals surface area contributed by atoms with Crippen LogP contribution in [0.4, 0.5) is 27.2 Å². The summed E-state index contributed by atoms with van der Waals surface area (Å²) in [6.07, 6.45) is 1.43. The zero-order valence-electron chi connectivity index (χ0n) is 18.4. The van der Waals surface area contributed by atoms with Crippen molar-refractivity contribution < 1.29 is 14.7 Å². The molecule has 3 aromatic rings. The molecule has 10 nitrogen and oxygen atoms in total. The Labute approximate surface area is 204 Å². The first-order valence-corrected chi connectivity index (χ1v) is 11.9. The minimum absolute atomic E-state index is 0.0176. The van der Waals surface area contributed by atoms with Crippen molar-refractivity contribution in [2.75, 3.05) is 28.6 Å². The molecule has 0 saturated carbocycles. The molecule has 2 saturated heterocycles. The van der Waals surface area contributed by atoms with Crippen LogP contribution < -0.4 is 15.5 Å². The second-order valence-electron chi connectivity index (χ2n) is 8.33. The number of fused-ring (bicyclic) bond motifs is 2. The molecule has 1 aromatic carbocycles. The van der Waals surface area contributed by atoms with Gasteiger partial charge in [0.1, 0.15) is 22.3 Å². The summed E-state index contributed by atoms with van der Waals surface area (Å²) in [7, 11) is 0. The lowest BCUT2D eigenvalue weighted by atomic mass is 10.2. The fourth-order valence-electron chi connectivity index (χ4n) is 4.46. The molecule has 0 spiro atoms. The predicted molar refractivity (Wildman–Crippen MR) is 131 cm³/mol. The number of nitrogens with one attached hydrogen (secondary N) is 2. The maximum atomic E-state index is 12.7. The van der Waals surface area contributed by atoms with Gasteiger partial charge in [-0.25, -0.2) is 19.7 Å². The number of para-hydroxylation sites is 1. The molecule has 2 atom stereocenters. The fraction of sp³-hybridized carbons (Fsp3) is 0.318. The molecule has 2 aliphatic rings. The van der Waals surface area contributed by atoms with E-state index in [0.717, 1.165) is 17.8 Å². The maximum Gasteiger partial charge on any atom is 0.407 e. The third-order valence-corrected chi connectivity index (χ3v) is 7.26. The van der Waals surface area contributed by atoms with Crippen LogP contribution >= 0.6 is 22.9 Å². The summed E-state index contributed by atoms with van der Waals surface area (Å²) in [6, 6.07) is 7.34. The Bertz CT molecular complexity index is 1260. The van der Waals surface area contributed by atoms with Gasteiger partial charge < -0.3 is 25.5 Å². The largest absolute Gasteiger partial charge is 0.465 e. The smallest absolute Gasteiger partial charge is 0.407 e. The Hall–Kier alpha value is -3.44. The Balaban J connectivity index is 1.29. The van der Waals surface area contributed by atoms with E-state index in [4.69, 9.17) is 11.6 Å². The molecule has 2 amide bonds. The molecule has 12 heteroatoms. The highest BCUT2D eigenvalue weighted by Crippen LogP contribution is 2.35. The van der Waals surface area contributed by atoms with Crippen LogP contribution in [0.5, 0.6) is 0 Å². The second-order valence-corrected chi connectivity index (χ2v) is 9.77. The number of anilines is 4. The first-order chi connectivity index (χ1) is 16.3. The summed E-state index contributed by atoms with van der Waals surface area (Å²) in [5, 5.41) is 16.3. The SMILES string of the molecule is Cc1nc(Nc2ncc(C(=O)Nc3c(C)cccc3Cl)s2)cc(N2C[C@H]3C[C@@H]2CN3C(=O)O)n1. The van der Waals surface area contributed by atoms with Gasteiger partial charge in [-0.1, -0.05) is 35.1 Å². The summed E-state index contributed by atoms with van der Waals surface area (Å²) in [5.41, 5.74) is 1.45. The first kappa shape index (κ1) is 22.4. The van der Waals surface area contributed by atoms with E-state index in [9.17, 15) is 14.7 Å². The number of nitrogens with zero attached hydrogens (tertiary/aromatic N) is 5. The molecule has 34 heavy (non-hydrogen) atoms. The summed E-state index contributed by atoms with van der Waals surface area (Å²) in [6.45, 7) is 4.76. The zero-order chi connectivity index (χ0) is 24.0. The standard InChI is InChI=1S/C22H22ClN7O3S/c1-11-4-3-5-15(23)19(11)28-20(31)16-8-24-21(34-16)27-17-7-18(26-12(2)25-17)29-9-14-6-13(29)10-30(14)22(32)33/h3-5,7-8,13-14H,6,9-10H2,1-2H3,(H,28,31)(H,32,33)(H,24,25,26,27)/t13-,14-/m1/s1. The highest BCUT2D eigenvalue weighted by molar-refractivity contribution is 7.17. The molecule has 0 aliphatic carbocycles. The molecule has 0 radical (unpaired) electrons. The number of carbonyl (C=O) groups excluding carboxylic acids is 1. The van der Waals surface area contributed by atoms with Crippen LogP contribution in [0.1, 0.15) is 27.5 Å². The van der Waals surface area contributed by atoms with Crippen molar-refractivity contribution in [2.45, 2.75) is 32.4 Å². The molecule has 5 rings (SSSR count). The van der Waals surface area contributed by atoms with Gasteiger partial charge >= 0.3 is 6.09 Å². The molecule has 4 heterocycles. The van der Waals surface area contributed by atoms with Gasteiger partial charge in [-0.3, -0.25) is 4.79 Å². The maximum absolute atomic E-state index is 12.7. The van der Waals surface area contributed by atoms with Crippen molar-refractivity contribution in [3.63, 3.8) is 0 Å². The van der Waals surface area contributed by atoms with Crippen molar-refractivity contribution in [1.29, 1.82) is 0 Å². The lowest BCUT2D eigenvalue weighted by Gasteiger charge is -2.33. The van der Waals surface area contributed by atoms with Crippen molar-refractivity contribution in [2.24, 2.45) is 0 Å². The van der Waals surface area contributed by atoms with Crippen LogP contribution in [-0.4, -0.2) is 62.1 Å². The van der Waals surface area contributed by atoms with Crippen molar-refractivity contribution in [3.05, 3.63) is 51.7 Å². The Kier molecular flexibility index (Phi) is 5.74. The minimum atomic E-state index is -0.873. The van der Waals surface area contributed by atoms with Crippen LogP contribution in [0.3, 0.4) is 0 Å². The van der Waals surface area contributed by atoms with E-state index in [2.05, 4.69) is 30.5 Å². The Morgan fingerprint density at radius 3 is 2.74 bits per heavy atom. The van der Waals surface area contributed by atoms with Gasteiger partial charge in [0.15, 0.2) is 5.13 Å². The minimum Gasteiger partial charge on any atom is -0.465 e. The van der Waals surface area contributed by atoms with E-state index < -0.39 is 6.09 Å². The van der Waals surface area contributed by atoms with E-state index in [-0.39, 0.29) is 18.0 Å². The van der Waals surface area contributed by atoms with E-state index in [1.165, 1.54) is 22.4 Å². The molecule has 176 valence electrons. The van der Waals surface area contributed by atoms with Crippen LogP contribution in [0.15, 0.2) is 30.5 Å². The molecule has 2 aliphatic heterocycles. The number of amides is 2. The number of hydrogen-bond donors (Lipinski definition) is 3. The van der Waals surface area contributed by atoms with Crippen LogP contribution in [0.25, 0.3) is 0 Å². The van der Waals surface area contributed by atoms with Gasteiger partial charge in [-0.2, -0.15) is 0 Å². The fourth-order valence-corrected chi connectivity index (χ4v) is 5.44. The molecular formula is C22H22ClN7O3S. The normalized spacial score (nSPS) is 18.9. The second kappa shape index (κ2) is 8.73. The predicted octanol–water partition coefficient (Wildman–Crippen LogP) is 4.14. The molecule has 3 N–H and O–H groups in total. The van der Waals surface area contributed by atoms with Crippen LogP contribution in [0.2, 0.25) is 5.02 Å². The number of aromatic nitrogens is 3. The van der Waals surface area contributed by atoms with Gasteiger partial charge in [0.05, 0.1) is 29.0 Å². The Morgan fingerprint density at radius 2 is 2.03 bits per heavy atom. The average Bonchev–Trinajstić information content (AvgIpc) is 3.52. The number of rotatable bonds is 5. The topological polar surface area (TPSA) is 124 Å². The number of hydrogen-bond acceptors (Lipinski definition) is 8. The number of carboxylic acid groups (broad SMARTS) is 1. The zero-order valence-corrected chi connectivity index (χ0v) is 20.0. The lowest BCUT2D eigenvalue weighted by Crippen LogP contribution is -2.48. The molecule has 2 bridgehead atoms. The van der Waals surface area contributed by atoms with Crippen LogP contribution in [0, 0.1) is 13.8 Å². The quantitative estimate of drug-likeness (QED) is 0.478. The molecule has 0 unspecified atom stereocenters. The van der Waals surface area contributed by atoms with Gasteiger partial charge in [-0.05, 0) is 31.9 Å². The highest BCUT2D eigenvalue weighted by Gasteiger charge is 2.46. The molecule has 2 fully saturated rings.